The molecule has 1 unspecified atom stereocenters. The summed E-state index contributed by atoms with van der Waals surface area (Å²) >= 11 is 0. The van der Waals surface area contributed by atoms with Crippen LogP contribution in [0.15, 0.2) is 40.8 Å². The molecule has 1 atom stereocenters. The van der Waals surface area contributed by atoms with E-state index in [1.54, 1.807) is 0 Å². The van der Waals surface area contributed by atoms with Crippen LogP contribution in [-0.2, 0) is 12.8 Å². The molecule has 0 amide bonds. The molecule has 0 bridgehead atoms. The van der Waals surface area contributed by atoms with Gasteiger partial charge in [-0.15, -0.1) is 0 Å². The Morgan fingerprint density at radius 3 is 2.59 bits per heavy atom. The monoisotopic (exact) mass is 230 g/mol. The Labute approximate surface area is 102 Å². The molecule has 0 aliphatic carbocycles. The Morgan fingerprint density at radius 2 is 1.94 bits per heavy atom. The number of hydrogen-bond donors (Lipinski definition) is 1. The van der Waals surface area contributed by atoms with Gasteiger partial charge in [-0.2, -0.15) is 0 Å². The van der Waals surface area contributed by atoms with E-state index in [9.17, 15) is 5.11 Å². The van der Waals surface area contributed by atoms with E-state index in [2.05, 4.69) is 13.0 Å². The molecule has 0 saturated carbocycles. The van der Waals surface area contributed by atoms with Crippen molar-refractivity contribution >= 4 is 0 Å². The van der Waals surface area contributed by atoms with Gasteiger partial charge >= 0.3 is 0 Å². The molecule has 1 aromatic heterocycles. The zero-order chi connectivity index (χ0) is 12.3. The first-order valence-electron chi connectivity index (χ1n) is 6.02. The normalized spacial score (nSPS) is 12.6. The molecule has 1 heterocycles. The van der Waals surface area contributed by atoms with Gasteiger partial charge in [-0.25, -0.2) is 0 Å². The van der Waals surface area contributed by atoms with E-state index < -0.39 is 6.10 Å². The van der Waals surface area contributed by atoms with Gasteiger partial charge in [0, 0.05) is 12.8 Å². The summed E-state index contributed by atoms with van der Waals surface area (Å²) in [6.45, 7) is 4.10. The van der Waals surface area contributed by atoms with Crippen LogP contribution < -0.4 is 0 Å². The Hall–Kier alpha value is -1.54. The summed E-state index contributed by atoms with van der Waals surface area (Å²) in [6, 6.07) is 11.9. The van der Waals surface area contributed by atoms with Gasteiger partial charge in [0.15, 0.2) is 0 Å². The highest BCUT2D eigenvalue weighted by molar-refractivity contribution is 5.27. The minimum absolute atomic E-state index is 0.559. The molecule has 0 aliphatic rings. The molecule has 1 N–H and O–H groups in total. The second-order valence-electron chi connectivity index (χ2n) is 4.30. The van der Waals surface area contributed by atoms with Gasteiger partial charge in [0.2, 0.25) is 0 Å². The van der Waals surface area contributed by atoms with Crippen molar-refractivity contribution in [3.63, 3.8) is 0 Å². The number of aryl methyl sites for hydroxylation is 2. The molecule has 1 aromatic carbocycles. The van der Waals surface area contributed by atoms with E-state index in [0.717, 1.165) is 17.7 Å². The summed E-state index contributed by atoms with van der Waals surface area (Å²) < 4.78 is 5.56. The van der Waals surface area contributed by atoms with Crippen LogP contribution in [0.2, 0.25) is 0 Å². The first-order valence-corrected chi connectivity index (χ1v) is 6.02. The van der Waals surface area contributed by atoms with Gasteiger partial charge in [0.25, 0.3) is 0 Å². The predicted octanol–water partition coefficient (Wildman–Crippen LogP) is 3.43. The lowest BCUT2D eigenvalue weighted by Crippen LogP contribution is -2.01. The van der Waals surface area contributed by atoms with Crippen molar-refractivity contribution in [1.29, 1.82) is 0 Å². The number of rotatable bonds is 4. The molecule has 0 aliphatic heterocycles. The minimum atomic E-state index is -0.559. The van der Waals surface area contributed by atoms with Crippen LogP contribution in [0.25, 0.3) is 0 Å². The molecule has 0 radical (unpaired) electrons. The molecule has 0 spiro atoms. The molecule has 17 heavy (non-hydrogen) atoms. The standard InChI is InChI=1S/C15H18O2/c1-3-13-8-9-15(17-13)14(16)10-12-7-5-4-6-11(12)2/h4-9,14,16H,3,10H2,1-2H3. The maximum Gasteiger partial charge on any atom is 0.133 e. The molecule has 2 aromatic rings. The Bertz CT molecular complexity index is 485. The van der Waals surface area contributed by atoms with E-state index >= 15 is 0 Å². The minimum Gasteiger partial charge on any atom is -0.463 e. The molecular weight excluding hydrogens is 212 g/mol. The van der Waals surface area contributed by atoms with Gasteiger partial charge in [-0.3, -0.25) is 0 Å². The number of hydrogen-bond acceptors (Lipinski definition) is 2. The second kappa shape index (κ2) is 5.19. The van der Waals surface area contributed by atoms with Crippen LogP contribution in [0.4, 0.5) is 0 Å². The molecule has 2 rings (SSSR count). The molecule has 0 fully saturated rings. The van der Waals surface area contributed by atoms with E-state index in [4.69, 9.17) is 4.42 Å². The first-order chi connectivity index (χ1) is 8.20. The maximum absolute atomic E-state index is 10.1. The molecule has 90 valence electrons. The number of benzene rings is 1. The third kappa shape index (κ3) is 2.77. The van der Waals surface area contributed by atoms with Crippen LogP contribution in [-0.4, -0.2) is 5.11 Å². The number of aliphatic hydroxyl groups is 1. The molecule has 0 saturated heterocycles. The fourth-order valence-corrected chi connectivity index (χ4v) is 1.91. The second-order valence-corrected chi connectivity index (χ2v) is 4.30. The summed E-state index contributed by atoms with van der Waals surface area (Å²) in [5.41, 5.74) is 2.36. The van der Waals surface area contributed by atoms with E-state index in [1.807, 2.05) is 37.3 Å². The highest BCUT2D eigenvalue weighted by Crippen LogP contribution is 2.22. The lowest BCUT2D eigenvalue weighted by molar-refractivity contribution is 0.148. The predicted molar refractivity (Wildman–Crippen MR) is 67.9 cm³/mol. The van der Waals surface area contributed by atoms with E-state index in [0.29, 0.717) is 12.2 Å². The SMILES string of the molecule is CCc1ccc(C(O)Cc2ccccc2C)o1. The Balaban J connectivity index is 2.11. The van der Waals surface area contributed by atoms with Gasteiger partial charge in [-0.1, -0.05) is 31.2 Å². The van der Waals surface area contributed by atoms with Crippen LogP contribution in [0, 0.1) is 6.92 Å². The lowest BCUT2D eigenvalue weighted by Gasteiger charge is -2.10. The van der Waals surface area contributed by atoms with Gasteiger partial charge in [0.1, 0.15) is 17.6 Å². The van der Waals surface area contributed by atoms with Crippen molar-refractivity contribution in [2.24, 2.45) is 0 Å². The lowest BCUT2D eigenvalue weighted by atomic mass is 10.0. The van der Waals surface area contributed by atoms with Crippen molar-refractivity contribution < 1.29 is 9.52 Å². The number of aliphatic hydroxyl groups excluding tert-OH is 1. The fourth-order valence-electron chi connectivity index (χ4n) is 1.91. The van der Waals surface area contributed by atoms with Gasteiger partial charge in [-0.05, 0) is 30.2 Å². The topological polar surface area (TPSA) is 33.4 Å². The molecular formula is C15H18O2. The van der Waals surface area contributed by atoms with Crippen molar-refractivity contribution in [2.45, 2.75) is 32.8 Å². The summed E-state index contributed by atoms with van der Waals surface area (Å²) in [5.74, 6) is 1.58. The smallest absolute Gasteiger partial charge is 0.133 e. The zero-order valence-corrected chi connectivity index (χ0v) is 10.3. The van der Waals surface area contributed by atoms with Crippen LogP contribution >= 0.6 is 0 Å². The zero-order valence-electron chi connectivity index (χ0n) is 10.3. The van der Waals surface area contributed by atoms with E-state index in [-0.39, 0.29) is 0 Å². The van der Waals surface area contributed by atoms with Gasteiger partial charge in [0.05, 0.1) is 0 Å². The Morgan fingerprint density at radius 1 is 1.18 bits per heavy atom. The maximum atomic E-state index is 10.1. The summed E-state index contributed by atoms with van der Waals surface area (Å²) in [4.78, 5) is 0. The largest absolute Gasteiger partial charge is 0.463 e. The van der Waals surface area contributed by atoms with Crippen molar-refractivity contribution in [3.8, 4) is 0 Å². The van der Waals surface area contributed by atoms with Crippen molar-refractivity contribution in [1.82, 2.24) is 0 Å². The molecule has 2 heteroatoms. The average Bonchev–Trinajstić information content (AvgIpc) is 2.81. The molecule has 2 nitrogen and oxygen atoms in total. The highest BCUT2D eigenvalue weighted by atomic mass is 16.4. The van der Waals surface area contributed by atoms with Gasteiger partial charge < -0.3 is 9.52 Å². The summed E-state index contributed by atoms with van der Waals surface area (Å²) in [6.07, 6.45) is 0.900. The van der Waals surface area contributed by atoms with Crippen molar-refractivity contribution in [3.05, 3.63) is 59.0 Å². The van der Waals surface area contributed by atoms with Crippen LogP contribution in [0.1, 0.15) is 35.7 Å². The Kier molecular flexibility index (Phi) is 3.64. The van der Waals surface area contributed by atoms with Crippen molar-refractivity contribution in [2.75, 3.05) is 0 Å². The van der Waals surface area contributed by atoms with E-state index in [1.165, 1.54) is 5.56 Å². The van der Waals surface area contributed by atoms with Crippen LogP contribution in [0.5, 0.6) is 0 Å². The summed E-state index contributed by atoms with van der Waals surface area (Å²) in [7, 11) is 0. The number of furan rings is 1. The highest BCUT2D eigenvalue weighted by Gasteiger charge is 2.13. The quantitative estimate of drug-likeness (QED) is 0.873. The summed E-state index contributed by atoms with van der Waals surface area (Å²) in [5, 5.41) is 10.1. The average molecular weight is 230 g/mol. The third-order valence-electron chi connectivity index (χ3n) is 3.03. The first kappa shape index (κ1) is 11.9. The third-order valence-corrected chi connectivity index (χ3v) is 3.03. The fraction of sp³-hybridized carbons (Fsp3) is 0.333. The van der Waals surface area contributed by atoms with Crippen LogP contribution in [0.3, 0.4) is 0 Å².